The summed E-state index contributed by atoms with van der Waals surface area (Å²) >= 11 is 0. The number of rotatable bonds is 72. The van der Waals surface area contributed by atoms with Crippen LogP contribution in [0, 0.1) is 21.7 Å². The van der Waals surface area contributed by atoms with Crippen molar-refractivity contribution in [3.63, 3.8) is 0 Å². The van der Waals surface area contributed by atoms with Gasteiger partial charge in [0.05, 0.1) is 267 Å². The van der Waals surface area contributed by atoms with E-state index in [2.05, 4.69) is 14.7 Å². The van der Waals surface area contributed by atoms with Crippen LogP contribution in [0.3, 0.4) is 0 Å². The second kappa shape index (κ2) is 80.8. The van der Waals surface area contributed by atoms with Gasteiger partial charge in [0.1, 0.15) is 6.04 Å². The van der Waals surface area contributed by atoms with E-state index in [-0.39, 0.29) is 185 Å². The molecule has 0 aliphatic heterocycles. The standard InChI is InChI=1S/4C23H43N3O10/c1-23(2,3)21(22(30)34-7)26(11-9-24(13-14-36-35-8)15-18(27)31-4)12-10-25(16-19(28)32-5)17-20(29)33-6;1-23(2,3)18(17-36-35-8)26(16-22(30)34-7)12-11-24(13-19(27)31-4)9-10-25(14-20(28)32-5)15-21(29)33-6;1-23(2,3)18(13-25(11-12-36-35-8)16-21(29)33-6)26(17-22(30)34-7)10-9-24(14-19(27)31-4)15-20(28)32-5;1-23(2,3)18(26(11-12-36-35-8)17-22(30)34-7)13-24(14-19(27)31-4)9-10-25(15-20(28)32-5)16-21(29)33-6/h21H,9-17H2,1-8H3;3*18H,9-17H2,1-8H3. The molecule has 0 N–H and O–H groups in total. The molecule has 52 nitrogen and oxygen atoms in total. The van der Waals surface area contributed by atoms with Gasteiger partial charge < -0.3 is 75.8 Å². The van der Waals surface area contributed by atoms with E-state index in [1.165, 1.54) is 142 Å². The minimum Gasteiger partial charge on any atom is -0.468 e. The number of ether oxygens (including phenoxy) is 16. The lowest BCUT2D eigenvalue weighted by Gasteiger charge is -2.42. The van der Waals surface area contributed by atoms with Crippen molar-refractivity contribution in [2.75, 3.05) is 378 Å². The predicted molar refractivity (Wildman–Crippen MR) is 515 cm³/mol. The molecule has 0 amide bonds. The summed E-state index contributed by atoms with van der Waals surface area (Å²) in [5.41, 5.74) is -1.46. The zero-order valence-electron chi connectivity index (χ0n) is 91.5. The number of methoxy groups -OCH3 is 16. The number of nitrogens with zero attached hydrogens (tertiary/aromatic N) is 12. The summed E-state index contributed by atoms with van der Waals surface area (Å²) in [5, 5.41) is 0. The zero-order chi connectivity index (χ0) is 111. The highest BCUT2D eigenvalue weighted by atomic mass is 17.2. The molecule has 0 aliphatic rings. The van der Waals surface area contributed by atoms with Crippen LogP contribution in [0.15, 0.2) is 0 Å². The van der Waals surface area contributed by atoms with E-state index < -0.39 is 107 Å². The van der Waals surface area contributed by atoms with Gasteiger partial charge in [-0.1, -0.05) is 83.1 Å². The maximum atomic E-state index is 12.8. The summed E-state index contributed by atoms with van der Waals surface area (Å²) in [6.45, 7) is 29.5. The van der Waals surface area contributed by atoms with Crippen molar-refractivity contribution in [2.24, 2.45) is 21.7 Å². The second-order valence-electron chi connectivity index (χ2n) is 36.3. The van der Waals surface area contributed by atoms with Crippen LogP contribution in [0.2, 0.25) is 0 Å². The molecule has 0 aliphatic carbocycles. The maximum absolute atomic E-state index is 12.8. The molecule has 0 bridgehead atoms. The van der Waals surface area contributed by atoms with E-state index in [0.717, 1.165) is 0 Å². The third kappa shape index (κ3) is 68.2. The first-order valence-corrected chi connectivity index (χ1v) is 46.1. The Balaban J connectivity index is -0.000000907. The molecule has 52 heteroatoms. The van der Waals surface area contributed by atoms with Gasteiger partial charge in [-0.15, -0.1) is 0 Å². The molecule has 0 radical (unpaired) electrons. The quantitative estimate of drug-likeness (QED) is 0.0215. The molecule has 0 saturated heterocycles. The Labute approximate surface area is 849 Å². The lowest BCUT2D eigenvalue weighted by atomic mass is 9.85. The highest BCUT2D eigenvalue weighted by molar-refractivity contribution is 5.79. The molecule has 0 rings (SSSR count). The van der Waals surface area contributed by atoms with E-state index in [9.17, 15) is 76.7 Å². The molecule has 4 atom stereocenters. The lowest BCUT2D eigenvalue weighted by molar-refractivity contribution is -0.285. The summed E-state index contributed by atoms with van der Waals surface area (Å²) < 4.78 is 76.9. The van der Waals surface area contributed by atoms with Gasteiger partial charge in [0, 0.05) is 129 Å². The van der Waals surface area contributed by atoms with E-state index in [4.69, 9.17) is 100 Å². The molecule has 0 spiro atoms. The average molecular weight is 2090 g/mol. The Bertz CT molecular complexity index is 3520. The molecule has 0 aromatic carbocycles. The van der Waals surface area contributed by atoms with Gasteiger partial charge in [0.2, 0.25) is 0 Å². The Morgan fingerprint density at radius 2 is 0.361 bits per heavy atom. The van der Waals surface area contributed by atoms with Crippen LogP contribution in [0.4, 0.5) is 0 Å². The van der Waals surface area contributed by atoms with Gasteiger partial charge in [0.25, 0.3) is 0 Å². The minimum absolute atomic E-state index is 0.00831. The fourth-order valence-electron chi connectivity index (χ4n) is 13.9. The summed E-state index contributed by atoms with van der Waals surface area (Å²) in [6, 6.07) is -1.33. The molecule has 144 heavy (non-hydrogen) atoms. The molecule has 0 aromatic rings. The van der Waals surface area contributed by atoms with Crippen molar-refractivity contribution in [3.8, 4) is 0 Å². The van der Waals surface area contributed by atoms with Crippen LogP contribution in [-0.2, 0) is 192 Å². The van der Waals surface area contributed by atoms with E-state index >= 15 is 0 Å². The normalized spacial score (nSPS) is 12.5. The summed E-state index contributed by atoms with van der Waals surface area (Å²) in [5.74, 6) is -7.46. The number of esters is 16. The number of carbonyl (C=O) groups excluding carboxylic acids is 16. The Hall–Kier alpha value is -9.28. The van der Waals surface area contributed by atoms with Gasteiger partial charge in [0.15, 0.2) is 0 Å². The largest absolute Gasteiger partial charge is 0.468 e. The summed E-state index contributed by atoms with van der Waals surface area (Å²) in [7, 11) is 26.2. The van der Waals surface area contributed by atoms with E-state index in [0.29, 0.717) is 85.1 Å². The van der Waals surface area contributed by atoms with Crippen molar-refractivity contribution in [1.29, 1.82) is 0 Å². The second-order valence-corrected chi connectivity index (χ2v) is 36.3. The van der Waals surface area contributed by atoms with Crippen molar-refractivity contribution in [3.05, 3.63) is 0 Å². The predicted octanol–water partition coefficient (Wildman–Crippen LogP) is -1.69. The lowest BCUT2D eigenvalue weighted by Crippen LogP contribution is -2.55. The average Bonchev–Trinajstić information content (AvgIpc) is 0.823. The van der Waals surface area contributed by atoms with Crippen LogP contribution >= 0.6 is 0 Å². The fraction of sp³-hybridized carbons (Fsp3) is 0.826. The van der Waals surface area contributed by atoms with Gasteiger partial charge >= 0.3 is 95.5 Å². The number of hydrogen-bond acceptors (Lipinski definition) is 52. The molecular weight excluding hydrogens is 1910 g/mol. The van der Waals surface area contributed by atoms with Crippen molar-refractivity contribution in [1.82, 2.24) is 58.8 Å². The monoisotopic (exact) mass is 2090 g/mol. The molecule has 0 heterocycles. The first-order chi connectivity index (χ1) is 67.6. The first kappa shape index (κ1) is 141. The molecule has 840 valence electrons. The first-order valence-electron chi connectivity index (χ1n) is 46.1. The highest BCUT2D eigenvalue weighted by Gasteiger charge is 2.41. The van der Waals surface area contributed by atoms with Gasteiger partial charge in [-0.2, -0.15) is 0 Å². The molecule has 0 aromatic heterocycles. The molecule has 4 unspecified atom stereocenters. The third-order valence-corrected chi connectivity index (χ3v) is 21.9. The molecular formula is C92H172N12O40. The van der Waals surface area contributed by atoms with Gasteiger partial charge in [-0.25, -0.2) is 39.1 Å². The van der Waals surface area contributed by atoms with Crippen LogP contribution in [0.25, 0.3) is 0 Å². The van der Waals surface area contributed by atoms with Crippen molar-refractivity contribution in [2.45, 2.75) is 107 Å². The third-order valence-electron chi connectivity index (χ3n) is 21.9. The number of hydrogen-bond donors (Lipinski definition) is 0. The van der Waals surface area contributed by atoms with Crippen LogP contribution in [0.1, 0.15) is 83.1 Å². The van der Waals surface area contributed by atoms with E-state index in [1.54, 1.807) is 19.6 Å². The fourth-order valence-corrected chi connectivity index (χ4v) is 13.9. The van der Waals surface area contributed by atoms with Crippen molar-refractivity contribution >= 4 is 95.5 Å². The highest BCUT2D eigenvalue weighted by Crippen LogP contribution is 2.30. The van der Waals surface area contributed by atoms with Gasteiger partial charge in [-0.05, 0) is 21.7 Å². The summed E-state index contributed by atoms with van der Waals surface area (Å²) in [6.07, 6.45) is 0. The molecule has 0 fully saturated rings. The van der Waals surface area contributed by atoms with Gasteiger partial charge in [-0.3, -0.25) is 136 Å². The Morgan fingerprint density at radius 3 is 0.604 bits per heavy atom. The van der Waals surface area contributed by atoms with Crippen LogP contribution in [0.5, 0.6) is 0 Å². The Kier molecular flexibility index (Phi) is 79.1. The molecule has 0 saturated carbocycles. The number of carbonyl (C=O) groups is 16. The smallest absolute Gasteiger partial charge is 0.323 e. The summed E-state index contributed by atoms with van der Waals surface area (Å²) in [4.78, 5) is 253. The Morgan fingerprint density at radius 1 is 0.181 bits per heavy atom. The van der Waals surface area contributed by atoms with Crippen molar-refractivity contribution < 1.29 is 192 Å². The topological polar surface area (TPSA) is 534 Å². The minimum atomic E-state index is -0.643. The van der Waals surface area contributed by atoms with Crippen LogP contribution in [-0.4, -0.2) is 557 Å². The maximum Gasteiger partial charge on any atom is 0.323 e. The SMILES string of the molecule is COOCC(N(CCN(CCN(CC(=O)OC)CC(=O)OC)CC(=O)OC)CC(=O)OC)C(C)(C)C.COOCCN(CC(=O)OC)C(CN(CCN(CC(=O)OC)CC(=O)OC)CC(=O)OC)C(C)(C)C.COOCCN(CC(=O)OC)CC(N(CCN(CC(=O)OC)CC(=O)OC)CC(=O)OC)C(C)(C)C.COOCCN(CCN(CCN(CC(=O)OC)CC(=O)OC)C(C(=O)OC)C(C)(C)C)CC(=O)OC. The van der Waals surface area contributed by atoms with Crippen LogP contribution < -0.4 is 0 Å². The zero-order valence-corrected chi connectivity index (χ0v) is 91.5. The van der Waals surface area contributed by atoms with E-state index in [1.807, 2.05) is 122 Å².